The molecule has 94 valence electrons. The Morgan fingerprint density at radius 3 is 0.938 bits per heavy atom. The van der Waals surface area contributed by atoms with Gasteiger partial charge in [0.05, 0.1) is 0 Å². The molecule has 0 aliphatic heterocycles. The zero-order valence-electron chi connectivity index (χ0n) is 11.5. The van der Waals surface area contributed by atoms with Crippen LogP contribution in [0.4, 0.5) is 0 Å². The van der Waals surface area contributed by atoms with E-state index in [0.29, 0.717) is 10.8 Å². The van der Waals surface area contributed by atoms with E-state index in [-0.39, 0.29) is 0 Å². The van der Waals surface area contributed by atoms with E-state index in [2.05, 4.69) is 13.8 Å². The molecule has 0 heteroatoms. The largest absolute Gasteiger partial charge is 0.0591 e. The van der Waals surface area contributed by atoms with E-state index in [0.717, 1.165) is 0 Å². The molecule has 2 aliphatic carbocycles. The molecule has 0 atom stereocenters. The Morgan fingerprint density at radius 2 is 0.688 bits per heavy atom. The molecule has 0 aromatic heterocycles. The molecule has 2 fully saturated rings. The first-order chi connectivity index (χ1) is 7.66. The standard InChI is InChI=1S/C16H30/c1-15(11-7-3-4-8-12-15)16(2)13-9-5-6-10-14-16/h3-14H2,1-2H3. The Balaban J connectivity index is 2.11. The minimum atomic E-state index is 0.661. The lowest BCUT2D eigenvalue weighted by atomic mass is 9.58. The van der Waals surface area contributed by atoms with Crippen LogP contribution in [-0.4, -0.2) is 0 Å². The quantitative estimate of drug-likeness (QED) is 0.499. The van der Waals surface area contributed by atoms with Crippen molar-refractivity contribution < 1.29 is 0 Å². The van der Waals surface area contributed by atoms with E-state index in [1.54, 1.807) is 0 Å². The van der Waals surface area contributed by atoms with Crippen LogP contribution in [0.15, 0.2) is 0 Å². The third kappa shape index (κ3) is 2.46. The van der Waals surface area contributed by atoms with Gasteiger partial charge in [-0.15, -0.1) is 0 Å². The molecule has 0 amide bonds. The van der Waals surface area contributed by atoms with E-state index in [9.17, 15) is 0 Å². The monoisotopic (exact) mass is 222 g/mol. The van der Waals surface area contributed by atoms with Crippen molar-refractivity contribution in [2.24, 2.45) is 10.8 Å². The predicted octanol–water partition coefficient (Wildman–Crippen LogP) is 5.71. The molecule has 0 saturated heterocycles. The van der Waals surface area contributed by atoms with Crippen molar-refractivity contribution in [3.8, 4) is 0 Å². The second-order valence-electron chi connectivity index (χ2n) is 6.95. The van der Waals surface area contributed by atoms with Crippen LogP contribution in [0.3, 0.4) is 0 Å². The first-order valence-corrected chi connectivity index (χ1v) is 7.66. The summed E-state index contributed by atoms with van der Waals surface area (Å²) in [5.41, 5.74) is 1.32. The van der Waals surface area contributed by atoms with Crippen molar-refractivity contribution in [2.45, 2.75) is 90.9 Å². The van der Waals surface area contributed by atoms with Gasteiger partial charge in [0, 0.05) is 0 Å². The number of hydrogen-bond acceptors (Lipinski definition) is 0. The minimum Gasteiger partial charge on any atom is -0.0591 e. The smallest absolute Gasteiger partial charge is 0.0272 e. The fraction of sp³-hybridized carbons (Fsp3) is 1.00. The highest BCUT2D eigenvalue weighted by Crippen LogP contribution is 2.54. The van der Waals surface area contributed by atoms with Crippen molar-refractivity contribution in [3.05, 3.63) is 0 Å². The molecule has 2 saturated carbocycles. The SMILES string of the molecule is CC1(C2(C)CCCCCC2)CCCCCC1. The maximum atomic E-state index is 2.61. The van der Waals surface area contributed by atoms with E-state index in [1.165, 1.54) is 77.0 Å². The highest BCUT2D eigenvalue weighted by molar-refractivity contribution is 4.94. The van der Waals surface area contributed by atoms with Gasteiger partial charge in [-0.1, -0.05) is 65.2 Å². The molecular weight excluding hydrogens is 192 g/mol. The summed E-state index contributed by atoms with van der Waals surface area (Å²) in [4.78, 5) is 0. The second kappa shape index (κ2) is 5.10. The Labute approximate surface area is 102 Å². The Morgan fingerprint density at radius 1 is 0.438 bits per heavy atom. The summed E-state index contributed by atoms with van der Waals surface area (Å²) in [5.74, 6) is 0. The lowest BCUT2D eigenvalue weighted by Crippen LogP contribution is -2.37. The fourth-order valence-electron chi connectivity index (χ4n) is 4.22. The summed E-state index contributed by atoms with van der Waals surface area (Å²) >= 11 is 0. The molecular formula is C16H30. The molecule has 0 heterocycles. The highest BCUT2D eigenvalue weighted by Gasteiger charge is 2.43. The van der Waals surface area contributed by atoms with Gasteiger partial charge in [-0.2, -0.15) is 0 Å². The number of hydrogen-bond donors (Lipinski definition) is 0. The van der Waals surface area contributed by atoms with Crippen LogP contribution < -0.4 is 0 Å². The van der Waals surface area contributed by atoms with Crippen LogP contribution in [-0.2, 0) is 0 Å². The molecule has 0 N–H and O–H groups in total. The molecule has 0 radical (unpaired) electrons. The van der Waals surface area contributed by atoms with Crippen molar-refractivity contribution in [2.75, 3.05) is 0 Å². The van der Waals surface area contributed by atoms with Gasteiger partial charge in [0.25, 0.3) is 0 Å². The third-order valence-corrected chi connectivity index (χ3v) is 5.87. The normalized spacial score (nSPS) is 30.4. The fourth-order valence-corrected chi connectivity index (χ4v) is 4.22. The summed E-state index contributed by atoms with van der Waals surface area (Å²) in [7, 11) is 0. The first-order valence-electron chi connectivity index (χ1n) is 7.66. The van der Waals surface area contributed by atoms with Crippen molar-refractivity contribution in [3.63, 3.8) is 0 Å². The maximum Gasteiger partial charge on any atom is -0.0272 e. The summed E-state index contributed by atoms with van der Waals surface area (Å²) < 4.78 is 0. The average Bonchev–Trinajstić information content (AvgIpc) is 2.61. The van der Waals surface area contributed by atoms with Gasteiger partial charge in [0.15, 0.2) is 0 Å². The van der Waals surface area contributed by atoms with Crippen molar-refractivity contribution in [1.82, 2.24) is 0 Å². The zero-order chi connectivity index (χ0) is 11.5. The minimum absolute atomic E-state index is 0.661. The topological polar surface area (TPSA) is 0 Å². The second-order valence-corrected chi connectivity index (χ2v) is 6.95. The van der Waals surface area contributed by atoms with Gasteiger partial charge < -0.3 is 0 Å². The van der Waals surface area contributed by atoms with E-state index in [4.69, 9.17) is 0 Å². The summed E-state index contributed by atoms with van der Waals surface area (Å²) in [5, 5.41) is 0. The van der Waals surface area contributed by atoms with Crippen molar-refractivity contribution >= 4 is 0 Å². The molecule has 0 spiro atoms. The molecule has 0 aromatic carbocycles. The van der Waals surface area contributed by atoms with E-state index in [1.807, 2.05) is 0 Å². The van der Waals surface area contributed by atoms with Gasteiger partial charge in [-0.05, 0) is 36.5 Å². The van der Waals surface area contributed by atoms with Crippen molar-refractivity contribution in [1.29, 1.82) is 0 Å². The molecule has 0 unspecified atom stereocenters. The summed E-state index contributed by atoms with van der Waals surface area (Å²) in [6.45, 7) is 5.23. The predicted molar refractivity (Wildman–Crippen MR) is 71.6 cm³/mol. The van der Waals surface area contributed by atoms with Gasteiger partial charge in [-0.25, -0.2) is 0 Å². The van der Waals surface area contributed by atoms with Gasteiger partial charge >= 0.3 is 0 Å². The average molecular weight is 222 g/mol. The van der Waals surface area contributed by atoms with E-state index < -0.39 is 0 Å². The van der Waals surface area contributed by atoms with Crippen LogP contribution in [0.2, 0.25) is 0 Å². The number of rotatable bonds is 1. The first kappa shape index (κ1) is 12.5. The summed E-state index contributed by atoms with van der Waals surface area (Å²) in [6.07, 6.45) is 17.9. The van der Waals surface area contributed by atoms with Crippen LogP contribution in [0.5, 0.6) is 0 Å². The molecule has 2 aliphatic rings. The lowest BCUT2D eigenvalue weighted by molar-refractivity contribution is 0.0350. The Bertz CT molecular complexity index is 176. The zero-order valence-corrected chi connectivity index (χ0v) is 11.5. The molecule has 0 nitrogen and oxygen atoms in total. The van der Waals surface area contributed by atoms with Crippen LogP contribution in [0.1, 0.15) is 90.9 Å². The van der Waals surface area contributed by atoms with Gasteiger partial charge in [0.1, 0.15) is 0 Å². The third-order valence-electron chi connectivity index (χ3n) is 5.87. The van der Waals surface area contributed by atoms with Gasteiger partial charge in [-0.3, -0.25) is 0 Å². The van der Waals surface area contributed by atoms with E-state index >= 15 is 0 Å². The maximum absolute atomic E-state index is 2.61. The molecule has 0 bridgehead atoms. The Hall–Kier alpha value is 0. The Kier molecular flexibility index (Phi) is 3.97. The van der Waals surface area contributed by atoms with Gasteiger partial charge in [0.2, 0.25) is 0 Å². The lowest BCUT2D eigenvalue weighted by Gasteiger charge is -2.47. The van der Waals surface area contributed by atoms with Crippen LogP contribution >= 0.6 is 0 Å². The van der Waals surface area contributed by atoms with Crippen LogP contribution in [0, 0.1) is 10.8 Å². The summed E-state index contributed by atoms with van der Waals surface area (Å²) in [6, 6.07) is 0. The molecule has 0 aromatic rings. The highest BCUT2D eigenvalue weighted by atomic mass is 14.5. The molecule has 2 rings (SSSR count). The molecule has 16 heavy (non-hydrogen) atoms. The van der Waals surface area contributed by atoms with Crippen LogP contribution in [0.25, 0.3) is 0 Å².